The van der Waals surface area contributed by atoms with Crippen LogP contribution in [0.1, 0.15) is 33.1 Å². The van der Waals surface area contributed by atoms with Crippen LogP contribution < -0.4 is 16.4 Å². The number of nitrogens with one attached hydrogen (secondary N) is 2. The third kappa shape index (κ3) is 5.92. The number of rotatable bonds is 6. The van der Waals surface area contributed by atoms with Crippen LogP contribution in [-0.2, 0) is 4.79 Å². The summed E-state index contributed by atoms with van der Waals surface area (Å²) in [6.07, 6.45) is 3.03. The molecule has 2 atom stereocenters. The smallest absolute Gasteiger partial charge is 0.312 e. The zero-order valence-corrected chi connectivity index (χ0v) is 11.9. The second-order valence-electron chi connectivity index (χ2n) is 5.28. The lowest BCUT2D eigenvalue weighted by atomic mass is 9.98. The molecule has 6 heteroatoms. The summed E-state index contributed by atoms with van der Waals surface area (Å²) in [5, 5.41) is 5.83. The fraction of sp³-hybridized carbons (Fsp3) is 0.846. The van der Waals surface area contributed by atoms with E-state index in [1.165, 1.54) is 0 Å². The molecule has 0 spiro atoms. The van der Waals surface area contributed by atoms with Crippen LogP contribution >= 0.6 is 0 Å². The van der Waals surface area contributed by atoms with Gasteiger partial charge in [-0.3, -0.25) is 4.79 Å². The molecule has 3 amide bonds. The molecule has 4 N–H and O–H groups in total. The monoisotopic (exact) mass is 270 g/mol. The molecular weight excluding hydrogens is 244 g/mol. The van der Waals surface area contributed by atoms with Crippen molar-refractivity contribution in [3.05, 3.63) is 0 Å². The number of nitrogens with two attached hydrogens (primary N) is 1. The molecule has 19 heavy (non-hydrogen) atoms. The number of hydrogen-bond donors (Lipinski definition) is 3. The molecule has 0 aromatic heterocycles. The molecule has 1 aliphatic rings. The Kier molecular flexibility index (Phi) is 6.62. The van der Waals surface area contributed by atoms with Crippen molar-refractivity contribution in [2.45, 2.75) is 39.2 Å². The van der Waals surface area contributed by atoms with Crippen molar-refractivity contribution in [2.24, 2.45) is 11.7 Å². The molecule has 0 aromatic carbocycles. The first-order chi connectivity index (χ1) is 9.02. The molecule has 1 aliphatic heterocycles. The molecule has 1 saturated heterocycles. The Morgan fingerprint density at radius 2 is 2.21 bits per heavy atom. The Morgan fingerprint density at radius 1 is 1.47 bits per heavy atom. The van der Waals surface area contributed by atoms with Crippen LogP contribution in [0, 0.1) is 5.92 Å². The van der Waals surface area contributed by atoms with Gasteiger partial charge in [0.15, 0.2) is 0 Å². The normalized spacial score (nSPS) is 20.9. The highest BCUT2D eigenvalue weighted by Gasteiger charge is 2.23. The molecule has 6 nitrogen and oxygen atoms in total. The lowest BCUT2D eigenvalue weighted by Gasteiger charge is -2.33. The number of amides is 3. The van der Waals surface area contributed by atoms with E-state index in [-0.39, 0.29) is 5.91 Å². The molecule has 0 aliphatic carbocycles. The largest absolute Gasteiger partial charge is 0.352 e. The van der Waals surface area contributed by atoms with Crippen molar-refractivity contribution < 1.29 is 9.59 Å². The van der Waals surface area contributed by atoms with Crippen LogP contribution in [0.15, 0.2) is 0 Å². The molecule has 0 bridgehead atoms. The fourth-order valence-electron chi connectivity index (χ4n) is 2.22. The first-order valence-corrected chi connectivity index (χ1v) is 7.07. The highest BCUT2D eigenvalue weighted by molar-refractivity contribution is 5.78. The van der Waals surface area contributed by atoms with Crippen molar-refractivity contribution in [2.75, 3.05) is 26.2 Å². The predicted molar refractivity (Wildman–Crippen MR) is 74.6 cm³/mol. The number of hydrogen-bond acceptors (Lipinski definition) is 3. The number of piperidine rings is 1. The van der Waals surface area contributed by atoms with E-state index >= 15 is 0 Å². The van der Waals surface area contributed by atoms with E-state index in [9.17, 15) is 9.59 Å². The Labute approximate surface area is 115 Å². The predicted octanol–water partition coefficient (Wildman–Crippen LogP) is 0.281. The number of urea groups is 1. The summed E-state index contributed by atoms with van der Waals surface area (Å²) in [6.45, 7) is 6.63. The van der Waals surface area contributed by atoms with Crippen LogP contribution in [0.5, 0.6) is 0 Å². The van der Waals surface area contributed by atoms with Gasteiger partial charge in [-0.25, -0.2) is 4.79 Å². The molecule has 0 radical (unpaired) electrons. The maximum Gasteiger partial charge on any atom is 0.312 e. The minimum atomic E-state index is -0.498. The van der Waals surface area contributed by atoms with Gasteiger partial charge >= 0.3 is 6.03 Å². The summed E-state index contributed by atoms with van der Waals surface area (Å²) in [5.74, 6) is 0.456. The van der Waals surface area contributed by atoms with Gasteiger partial charge in [0, 0.05) is 25.7 Å². The van der Waals surface area contributed by atoms with Crippen molar-refractivity contribution in [1.29, 1.82) is 0 Å². The Morgan fingerprint density at radius 3 is 2.84 bits per heavy atom. The van der Waals surface area contributed by atoms with E-state index in [1.54, 1.807) is 0 Å². The number of nitrogens with zero attached hydrogens (tertiary/aromatic N) is 1. The van der Waals surface area contributed by atoms with Crippen molar-refractivity contribution >= 4 is 11.9 Å². The van der Waals surface area contributed by atoms with Gasteiger partial charge in [0.2, 0.25) is 5.91 Å². The number of carbonyl (C=O) groups excluding carboxylic acids is 2. The highest BCUT2D eigenvalue weighted by Crippen LogP contribution is 2.15. The van der Waals surface area contributed by atoms with E-state index in [4.69, 9.17) is 5.73 Å². The Balaban J connectivity index is 2.32. The fourth-order valence-corrected chi connectivity index (χ4v) is 2.22. The maximum absolute atomic E-state index is 12.1. The zero-order chi connectivity index (χ0) is 14.3. The van der Waals surface area contributed by atoms with Crippen LogP contribution in [-0.4, -0.2) is 49.1 Å². The highest BCUT2D eigenvalue weighted by atomic mass is 16.2. The third-order valence-electron chi connectivity index (χ3n) is 3.65. The third-order valence-corrected chi connectivity index (χ3v) is 3.65. The van der Waals surface area contributed by atoms with Crippen LogP contribution in [0.4, 0.5) is 4.79 Å². The minimum absolute atomic E-state index is 0.143. The lowest BCUT2D eigenvalue weighted by Crippen LogP contribution is -2.47. The van der Waals surface area contributed by atoms with E-state index < -0.39 is 6.03 Å². The molecule has 2 unspecified atom stereocenters. The average Bonchev–Trinajstić information content (AvgIpc) is 2.42. The van der Waals surface area contributed by atoms with Gasteiger partial charge in [0.05, 0.1) is 6.54 Å². The van der Waals surface area contributed by atoms with Gasteiger partial charge in [-0.05, 0) is 32.1 Å². The Hall–Kier alpha value is -1.30. The van der Waals surface area contributed by atoms with Crippen molar-refractivity contribution in [3.8, 4) is 0 Å². The molecule has 1 fully saturated rings. The number of carbonyl (C=O) groups is 2. The molecule has 1 heterocycles. The second-order valence-corrected chi connectivity index (χ2v) is 5.28. The first-order valence-electron chi connectivity index (χ1n) is 7.07. The van der Waals surface area contributed by atoms with Gasteiger partial charge < -0.3 is 21.3 Å². The summed E-state index contributed by atoms with van der Waals surface area (Å²) in [6, 6.07) is -0.136. The summed E-state index contributed by atoms with van der Waals surface area (Å²) in [7, 11) is 0. The quantitative estimate of drug-likeness (QED) is 0.648. The van der Waals surface area contributed by atoms with Crippen LogP contribution in [0.3, 0.4) is 0 Å². The number of likely N-dealkylation sites (tertiary alicyclic amines) is 1. The van der Waals surface area contributed by atoms with Gasteiger partial charge in [-0.1, -0.05) is 6.92 Å². The van der Waals surface area contributed by atoms with E-state index in [2.05, 4.69) is 24.5 Å². The van der Waals surface area contributed by atoms with Gasteiger partial charge in [0.1, 0.15) is 0 Å². The van der Waals surface area contributed by atoms with Crippen molar-refractivity contribution in [1.82, 2.24) is 15.5 Å². The Bertz CT molecular complexity index is 309. The minimum Gasteiger partial charge on any atom is -0.352 e. The summed E-state index contributed by atoms with van der Waals surface area (Å²) in [4.78, 5) is 24.6. The van der Waals surface area contributed by atoms with E-state index in [0.717, 1.165) is 25.8 Å². The van der Waals surface area contributed by atoms with Gasteiger partial charge in [-0.15, -0.1) is 0 Å². The molecule has 110 valence electrons. The number of primary amides is 1. The summed E-state index contributed by atoms with van der Waals surface area (Å²) in [5.41, 5.74) is 5.06. The second kappa shape index (κ2) is 7.99. The van der Waals surface area contributed by atoms with E-state index in [1.807, 2.05) is 4.90 Å². The van der Waals surface area contributed by atoms with Gasteiger partial charge in [-0.2, -0.15) is 0 Å². The SMILES string of the molecule is CCC(C)NCC(=O)N1CCCC(CNC(N)=O)C1. The average molecular weight is 270 g/mol. The molecular formula is C13H26N4O2. The zero-order valence-electron chi connectivity index (χ0n) is 11.9. The van der Waals surface area contributed by atoms with Crippen molar-refractivity contribution in [3.63, 3.8) is 0 Å². The molecule has 0 aromatic rings. The van der Waals surface area contributed by atoms with Crippen LogP contribution in [0.25, 0.3) is 0 Å². The van der Waals surface area contributed by atoms with Crippen LogP contribution in [0.2, 0.25) is 0 Å². The van der Waals surface area contributed by atoms with Gasteiger partial charge in [0.25, 0.3) is 0 Å². The summed E-state index contributed by atoms with van der Waals surface area (Å²) >= 11 is 0. The first kappa shape index (κ1) is 15.8. The molecule has 0 saturated carbocycles. The van der Waals surface area contributed by atoms with E-state index in [0.29, 0.717) is 31.6 Å². The summed E-state index contributed by atoms with van der Waals surface area (Å²) < 4.78 is 0. The lowest BCUT2D eigenvalue weighted by molar-refractivity contribution is -0.132. The maximum atomic E-state index is 12.1. The molecule has 1 rings (SSSR count). The standard InChI is InChI=1S/C13H26N4O2/c1-3-10(2)15-8-12(18)17-6-4-5-11(9-17)7-16-13(14)19/h10-11,15H,3-9H2,1-2H3,(H3,14,16,19). The topological polar surface area (TPSA) is 87.5 Å².